The number of benzene rings is 1. The van der Waals surface area contributed by atoms with Crippen molar-refractivity contribution in [1.82, 2.24) is 4.90 Å². The summed E-state index contributed by atoms with van der Waals surface area (Å²) >= 11 is 0. The lowest BCUT2D eigenvalue weighted by atomic mass is 10.0. The van der Waals surface area contributed by atoms with E-state index in [0.717, 1.165) is 22.6 Å². The van der Waals surface area contributed by atoms with Crippen LogP contribution in [0.3, 0.4) is 0 Å². The van der Waals surface area contributed by atoms with Gasteiger partial charge in [0.1, 0.15) is 11.5 Å². The Kier molecular flexibility index (Phi) is 3.88. The topological polar surface area (TPSA) is 33.5 Å². The molecule has 1 aliphatic rings. The Morgan fingerprint density at radius 2 is 1.91 bits per heavy atom. The first-order valence-corrected chi connectivity index (χ1v) is 7.71. The van der Waals surface area contributed by atoms with Gasteiger partial charge in [-0.2, -0.15) is 0 Å². The molecule has 3 heteroatoms. The zero-order valence-electron chi connectivity index (χ0n) is 13.2. The van der Waals surface area contributed by atoms with Gasteiger partial charge in [0.15, 0.2) is 0 Å². The molecule has 22 heavy (non-hydrogen) atoms. The summed E-state index contributed by atoms with van der Waals surface area (Å²) in [5, 5.41) is 0. The van der Waals surface area contributed by atoms with E-state index in [1.807, 2.05) is 48.2 Å². The molecule has 1 unspecified atom stereocenters. The van der Waals surface area contributed by atoms with E-state index in [0.29, 0.717) is 12.5 Å². The molecule has 0 radical (unpaired) electrons. The minimum absolute atomic E-state index is 0.0888. The van der Waals surface area contributed by atoms with E-state index in [9.17, 15) is 4.79 Å². The molecule has 0 fully saturated rings. The zero-order chi connectivity index (χ0) is 15.7. The second-order valence-corrected chi connectivity index (χ2v) is 6.11. The number of carbonyl (C=O) groups excluding carboxylic acids is 1. The molecule has 2 heterocycles. The minimum Gasteiger partial charge on any atom is -0.461 e. The lowest BCUT2D eigenvalue weighted by Crippen LogP contribution is -2.38. The van der Waals surface area contributed by atoms with E-state index >= 15 is 0 Å². The zero-order valence-corrected chi connectivity index (χ0v) is 13.2. The molecule has 0 N–H and O–H groups in total. The first-order chi connectivity index (χ1) is 10.6. The molecular weight excluding hydrogens is 274 g/mol. The number of hydrogen-bond acceptors (Lipinski definition) is 2. The molecule has 0 bridgehead atoms. The molecule has 114 valence electrons. The van der Waals surface area contributed by atoms with Gasteiger partial charge in [-0.05, 0) is 37.1 Å². The fourth-order valence-corrected chi connectivity index (χ4v) is 2.87. The van der Waals surface area contributed by atoms with Crippen LogP contribution in [0.5, 0.6) is 0 Å². The highest BCUT2D eigenvalue weighted by atomic mass is 16.3. The minimum atomic E-state index is 0.0888. The predicted molar refractivity (Wildman–Crippen MR) is 87.7 cm³/mol. The highest BCUT2D eigenvalue weighted by Crippen LogP contribution is 2.24. The number of carbonyl (C=O) groups is 1. The highest BCUT2D eigenvalue weighted by molar-refractivity contribution is 5.95. The molecule has 0 spiro atoms. The summed E-state index contributed by atoms with van der Waals surface area (Å²) in [6.45, 7) is 6.90. The van der Waals surface area contributed by atoms with Gasteiger partial charge in [-0.25, -0.2) is 0 Å². The van der Waals surface area contributed by atoms with Gasteiger partial charge in [-0.3, -0.25) is 4.79 Å². The van der Waals surface area contributed by atoms with Crippen LogP contribution >= 0.6 is 0 Å². The van der Waals surface area contributed by atoms with Gasteiger partial charge in [-0.1, -0.05) is 38.1 Å². The molecule has 0 aliphatic carbocycles. The highest BCUT2D eigenvalue weighted by Gasteiger charge is 2.27. The van der Waals surface area contributed by atoms with E-state index < -0.39 is 0 Å². The molecular formula is C19H21NO2. The van der Waals surface area contributed by atoms with Gasteiger partial charge in [0.25, 0.3) is 5.91 Å². The Morgan fingerprint density at radius 3 is 2.50 bits per heavy atom. The van der Waals surface area contributed by atoms with Crippen molar-refractivity contribution in [3.8, 4) is 11.3 Å². The number of amides is 1. The Balaban J connectivity index is 1.79. The van der Waals surface area contributed by atoms with Gasteiger partial charge in [-0.15, -0.1) is 0 Å². The molecule has 3 nitrogen and oxygen atoms in total. The van der Waals surface area contributed by atoms with Crippen LogP contribution in [0.15, 0.2) is 53.0 Å². The van der Waals surface area contributed by atoms with Crippen LogP contribution in [0, 0.1) is 12.8 Å². The van der Waals surface area contributed by atoms with E-state index in [1.165, 1.54) is 0 Å². The fourth-order valence-electron chi connectivity index (χ4n) is 2.87. The Morgan fingerprint density at radius 1 is 1.18 bits per heavy atom. The maximum atomic E-state index is 12.7. The van der Waals surface area contributed by atoms with Crippen LogP contribution < -0.4 is 0 Å². The van der Waals surface area contributed by atoms with Gasteiger partial charge < -0.3 is 9.32 Å². The molecule has 1 aliphatic heterocycles. The number of hydrogen-bond donors (Lipinski definition) is 0. The third-order valence-electron chi connectivity index (χ3n) is 4.10. The molecule has 1 atom stereocenters. The molecule has 1 aromatic heterocycles. The summed E-state index contributed by atoms with van der Waals surface area (Å²) in [6.07, 6.45) is 4.20. The van der Waals surface area contributed by atoms with Crippen LogP contribution in [0.2, 0.25) is 0 Å². The number of aryl methyl sites for hydroxylation is 1. The van der Waals surface area contributed by atoms with Crippen molar-refractivity contribution in [3.05, 3.63) is 59.9 Å². The molecule has 0 saturated carbocycles. The van der Waals surface area contributed by atoms with E-state index in [-0.39, 0.29) is 11.9 Å². The average molecular weight is 295 g/mol. The average Bonchev–Trinajstić information content (AvgIpc) is 3.15. The van der Waals surface area contributed by atoms with Gasteiger partial charge >= 0.3 is 0 Å². The Bertz CT molecular complexity index is 694. The van der Waals surface area contributed by atoms with Crippen molar-refractivity contribution in [2.75, 3.05) is 6.54 Å². The van der Waals surface area contributed by atoms with Gasteiger partial charge in [0.05, 0.1) is 6.04 Å². The number of nitrogens with zero attached hydrogens (tertiary/aromatic N) is 1. The first kappa shape index (κ1) is 14.6. The third-order valence-corrected chi connectivity index (χ3v) is 4.10. The fraction of sp³-hybridized carbons (Fsp3) is 0.316. The van der Waals surface area contributed by atoms with Crippen LogP contribution in [-0.2, 0) is 0 Å². The molecule has 1 aromatic carbocycles. The summed E-state index contributed by atoms with van der Waals surface area (Å²) in [5.41, 5.74) is 1.71. The van der Waals surface area contributed by atoms with Crippen LogP contribution in [-0.4, -0.2) is 23.4 Å². The Labute approximate surface area is 131 Å². The van der Waals surface area contributed by atoms with Crippen LogP contribution in [0.1, 0.15) is 30.0 Å². The molecule has 2 aromatic rings. The lowest BCUT2D eigenvalue weighted by molar-refractivity contribution is 0.0720. The SMILES string of the molecule is Cc1ccc(-c2ccc(C(=O)N3CC=CC3C(C)C)cc2)o1. The van der Waals surface area contributed by atoms with Crippen LogP contribution in [0.25, 0.3) is 11.3 Å². The summed E-state index contributed by atoms with van der Waals surface area (Å²) < 4.78 is 5.61. The molecule has 0 saturated heterocycles. The van der Waals surface area contributed by atoms with Crippen molar-refractivity contribution < 1.29 is 9.21 Å². The lowest BCUT2D eigenvalue weighted by Gasteiger charge is -2.27. The second-order valence-electron chi connectivity index (χ2n) is 6.11. The largest absolute Gasteiger partial charge is 0.461 e. The molecule has 3 rings (SSSR count). The first-order valence-electron chi connectivity index (χ1n) is 7.71. The van der Waals surface area contributed by atoms with Crippen LogP contribution in [0.4, 0.5) is 0 Å². The summed E-state index contributed by atoms with van der Waals surface area (Å²) in [5.74, 6) is 2.23. The summed E-state index contributed by atoms with van der Waals surface area (Å²) in [4.78, 5) is 14.6. The van der Waals surface area contributed by atoms with E-state index in [2.05, 4.69) is 26.0 Å². The second kappa shape index (κ2) is 5.84. The van der Waals surface area contributed by atoms with Crippen molar-refractivity contribution >= 4 is 5.91 Å². The third kappa shape index (κ3) is 2.71. The summed E-state index contributed by atoms with van der Waals surface area (Å²) in [6, 6.07) is 11.7. The van der Waals surface area contributed by atoms with E-state index in [4.69, 9.17) is 4.42 Å². The maximum Gasteiger partial charge on any atom is 0.254 e. The van der Waals surface area contributed by atoms with Gasteiger partial charge in [0, 0.05) is 17.7 Å². The predicted octanol–water partition coefficient (Wildman–Crippen LogP) is 4.29. The summed E-state index contributed by atoms with van der Waals surface area (Å²) in [7, 11) is 0. The van der Waals surface area contributed by atoms with Crippen molar-refractivity contribution in [3.63, 3.8) is 0 Å². The monoisotopic (exact) mass is 295 g/mol. The molecule has 1 amide bonds. The number of furan rings is 1. The van der Waals surface area contributed by atoms with Gasteiger partial charge in [0.2, 0.25) is 0 Å². The number of rotatable bonds is 3. The van der Waals surface area contributed by atoms with Crippen molar-refractivity contribution in [1.29, 1.82) is 0 Å². The Hall–Kier alpha value is -2.29. The maximum absolute atomic E-state index is 12.7. The smallest absolute Gasteiger partial charge is 0.254 e. The standard InChI is InChI=1S/C19H21NO2/c1-13(2)17-5-4-12-20(17)19(21)16-9-7-15(8-10-16)18-11-6-14(3)22-18/h4-11,13,17H,12H2,1-3H3. The quantitative estimate of drug-likeness (QED) is 0.791. The van der Waals surface area contributed by atoms with Crippen molar-refractivity contribution in [2.45, 2.75) is 26.8 Å². The van der Waals surface area contributed by atoms with Crippen molar-refractivity contribution in [2.24, 2.45) is 5.92 Å². The normalized spacial score (nSPS) is 17.5. The van der Waals surface area contributed by atoms with E-state index in [1.54, 1.807) is 0 Å².